The SMILES string of the molecule is Cc1ccc(CCN2C(=O)C[C@H](C(=O)O)[C@H]2c2nccn2C)c(C)c1. The summed E-state index contributed by atoms with van der Waals surface area (Å²) < 4.78 is 1.79. The molecule has 2 aromatic rings. The molecule has 0 aliphatic carbocycles. The van der Waals surface area contributed by atoms with E-state index in [4.69, 9.17) is 0 Å². The number of benzene rings is 1. The fourth-order valence-electron chi connectivity index (χ4n) is 3.62. The first kappa shape index (κ1) is 17.2. The Hall–Kier alpha value is -2.63. The molecular weight excluding hydrogens is 318 g/mol. The Morgan fingerprint density at radius 2 is 2.12 bits per heavy atom. The van der Waals surface area contributed by atoms with Gasteiger partial charge in [0.1, 0.15) is 11.9 Å². The fourth-order valence-corrected chi connectivity index (χ4v) is 3.62. The van der Waals surface area contributed by atoms with Crippen LogP contribution in [0, 0.1) is 19.8 Å². The molecule has 2 atom stereocenters. The predicted molar refractivity (Wildman–Crippen MR) is 93.0 cm³/mol. The molecule has 0 bridgehead atoms. The van der Waals surface area contributed by atoms with Gasteiger partial charge in [-0.1, -0.05) is 23.8 Å². The number of amides is 1. The van der Waals surface area contributed by atoms with Crippen LogP contribution in [-0.2, 0) is 23.1 Å². The lowest BCUT2D eigenvalue weighted by molar-refractivity contribution is -0.142. The van der Waals surface area contributed by atoms with Crippen molar-refractivity contribution in [2.75, 3.05) is 6.54 Å². The lowest BCUT2D eigenvalue weighted by Crippen LogP contribution is -2.34. The van der Waals surface area contributed by atoms with Crippen molar-refractivity contribution in [3.63, 3.8) is 0 Å². The molecule has 0 saturated carbocycles. The molecule has 1 saturated heterocycles. The molecule has 1 aromatic heterocycles. The van der Waals surface area contributed by atoms with E-state index in [-0.39, 0.29) is 12.3 Å². The first-order chi connectivity index (χ1) is 11.9. The molecule has 1 aromatic carbocycles. The molecular formula is C19H23N3O3. The molecule has 2 heterocycles. The molecule has 132 valence electrons. The van der Waals surface area contributed by atoms with E-state index in [2.05, 4.69) is 37.0 Å². The number of likely N-dealkylation sites (tertiary alicyclic amines) is 1. The van der Waals surface area contributed by atoms with E-state index in [1.54, 1.807) is 21.9 Å². The van der Waals surface area contributed by atoms with Crippen LogP contribution >= 0.6 is 0 Å². The summed E-state index contributed by atoms with van der Waals surface area (Å²) in [7, 11) is 1.83. The maximum atomic E-state index is 12.5. The Morgan fingerprint density at radius 1 is 1.36 bits per heavy atom. The summed E-state index contributed by atoms with van der Waals surface area (Å²) in [5, 5.41) is 9.55. The number of aryl methyl sites for hydroxylation is 3. The summed E-state index contributed by atoms with van der Waals surface area (Å²) in [6, 6.07) is 5.74. The number of hydrogen-bond acceptors (Lipinski definition) is 3. The van der Waals surface area contributed by atoms with Gasteiger partial charge in [-0.3, -0.25) is 9.59 Å². The van der Waals surface area contributed by atoms with E-state index in [0.29, 0.717) is 18.8 Å². The standard InChI is InChI=1S/C19H23N3O3/c1-12-4-5-14(13(2)10-12)6-8-22-16(23)11-15(19(24)25)17(22)18-20-7-9-21(18)3/h4-5,7,9-10,15,17H,6,8,11H2,1-3H3,(H,24,25)/t15-,17-/m0/s1. The van der Waals surface area contributed by atoms with Gasteiger partial charge in [0.2, 0.25) is 5.91 Å². The number of aliphatic carboxylic acids is 1. The van der Waals surface area contributed by atoms with Crippen LogP contribution in [0.2, 0.25) is 0 Å². The van der Waals surface area contributed by atoms with Gasteiger partial charge in [-0.25, -0.2) is 4.98 Å². The van der Waals surface area contributed by atoms with Crippen LogP contribution < -0.4 is 0 Å². The average Bonchev–Trinajstić information content (AvgIpc) is 3.10. The van der Waals surface area contributed by atoms with Gasteiger partial charge in [0.25, 0.3) is 0 Å². The molecule has 0 radical (unpaired) electrons. The Bertz CT molecular complexity index is 812. The molecule has 1 N–H and O–H groups in total. The van der Waals surface area contributed by atoms with Crippen LogP contribution in [0.1, 0.15) is 35.0 Å². The number of carboxylic acids is 1. The quantitative estimate of drug-likeness (QED) is 0.905. The number of hydrogen-bond donors (Lipinski definition) is 1. The van der Waals surface area contributed by atoms with Crippen molar-refractivity contribution in [3.05, 3.63) is 53.1 Å². The molecule has 6 nitrogen and oxygen atoms in total. The summed E-state index contributed by atoms with van der Waals surface area (Å²) in [6.07, 6.45) is 4.14. The second kappa shape index (κ2) is 6.70. The maximum Gasteiger partial charge on any atom is 0.309 e. The molecule has 6 heteroatoms. The molecule has 0 spiro atoms. The van der Waals surface area contributed by atoms with Crippen molar-refractivity contribution in [1.82, 2.24) is 14.5 Å². The van der Waals surface area contributed by atoms with Crippen LogP contribution in [0.15, 0.2) is 30.6 Å². The summed E-state index contributed by atoms with van der Waals surface area (Å²) in [5.74, 6) is -1.20. The van der Waals surface area contributed by atoms with Crippen molar-refractivity contribution in [2.45, 2.75) is 32.7 Å². The maximum absolute atomic E-state index is 12.5. The monoisotopic (exact) mass is 341 g/mol. The Kier molecular flexibility index (Phi) is 4.61. The van der Waals surface area contributed by atoms with E-state index in [0.717, 1.165) is 0 Å². The summed E-state index contributed by atoms with van der Waals surface area (Å²) in [4.78, 5) is 30.1. The highest BCUT2D eigenvalue weighted by molar-refractivity contribution is 5.87. The second-order valence-corrected chi connectivity index (χ2v) is 6.76. The van der Waals surface area contributed by atoms with E-state index in [1.165, 1.54) is 16.7 Å². The topological polar surface area (TPSA) is 75.4 Å². The largest absolute Gasteiger partial charge is 0.481 e. The van der Waals surface area contributed by atoms with Crippen molar-refractivity contribution in [3.8, 4) is 0 Å². The van der Waals surface area contributed by atoms with Gasteiger partial charge in [-0.05, 0) is 31.4 Å². The second-order valence-electron chi connectivity index (χ2n) is 6.76. The minimum atomic E-state index is -0.949. The zero-order valence-corrected chi connectivity index (χ0v) is 14.8. The Balaban J connectivity index is 1.86. The van der Waals surface area contributed by atoms with Crippen molar-refractivity contribution < 1.29 is 14.7 Å². The average molecular weight is 341 g/mol. The summed E-state index contributed by atoms with van der Waals surface area (Å²) in [5.41, 5.74) is 3.57. The van der Waals surface area contributed by atoms with E-state index >= 15 is 0 Å². The number of imidazole rings is 1. The lowest BCUT2D eigenvalue weighted by atomic mass is 9.99. The fraction of sp³-hybridized carbons (Fsp3) is 0.421. The van der Waals surface area contributed by atoms with Gasteiger partial charge in [-0.15, -0.1) is 0 Å². The number of carbonyl (C=O) groups excluding carboxylic acids is 1. The summed E-state index contributed by atoms with van der Waals surface area (Å²) >= 11 is 0. The van der Waals surface area contributed by atoms with Gasteiger partial charge < -0.3 is 14.6 Å². The first-order valence-corrected chi connectivity index (χ1v) is 8.44. The molecule has 1 aliphatic heterocycles. The number of carboxylic acid groups (broad SMARTS) is 1. The molecule has 0 unspecified atom stereocenters. The highest BCUT2D eigenvalue weighted by Crippen LogP contribution is 2.37. The highest BCUT2D eigenvalue weighted by Gasteiger charge is 2.46. The van der Waals surface area contributed by atoms with Gasteiger partial charge in [0.05, 0.1) is 5.92 Å². The third-order valence-corrected chi connectivity index (χ3v) is 4.99. The number of carbonyl (C=O) groups is 2. The van der Waals surface area contributed by atoms with Crippen molar-refractivity contribution in [1.29, 1.82) is 0 Å². The van der Waals surface area contributed by atoms with Crippen molar-refractivity contribution in [2.24, 2.45) is 13.0 Å². The highest BCUT2D eigenvalue weighted by atomic mass is 16.4. The molecule has 25 heavy (non-hydrogen) atoms. The van der Waals surface area contributed by atoms with E-state index < -0.39 is 17.9 Å². The van der Waals surface area contributed by atoms with Crippen LogP contribution in [0.3, 0.4) is 0 Å². The van der Waals surface area contributed by atoms with Gasteiger partial charge in [-0.2, -0.15) is 0 Å². The minimum Gasteiger partial charge on any atom is -0.481 e. The van der Waals surface area contributed by atoms with Crippen LogP contribution in [-0.4, -0.2) is 38.0 Å². The Morgan fingerprint density at radius 3 is 2.72 bits per heavy atom. The first-order valence-electron chi connectivity index (χ1n) is 8.44. The van der Waals surface area contributed by atoms with Crippen LogP contribution in [0.5, 0.6) is 0 Å². The minimum absolute atomic E-state index is 0.0275. The summed E-state index contributed by atoms with van der Waals surface area (Å²) in [6.45, 7) is 4.60. The van der Waals surface area contributed by atoms with Gasteiger partial charge in [0, 0.05) is 32.4 Å². The van der Waals surface area contributed by atoms with Crippen LogP contribution in [0.4, 0.5) is 0 Å². The third-order valence-electron chi connectivity index (χ3n) is 4.99. The number of rotatable bonds is 5. The van der Waals surface area contributed by atoms with Crippen LogP contribution in [0.25, 0.3) is 0 Å². The predicted octanol–water partition coefficient (Wildman–Crippen LogP) is 2.25. The third kappa shape index (κ3) is 3.29. The number of aromatic nitrogens is 2. The molecule has 1 aliphatic rings. The zero-order chi connectivity index (χ0) is 18.1. The molecule has 1 fully saturated rings. The van der Waals surface area contributed by atoms with Gasteiger partial charge in [0.15, 0.2) is 0 Å². The van der Waals surface area contributed by atoms with Gasteiger partial charge >= 0.3 is 5.97 Å². The smallest absolute Gasteiger partial charge is 0.309 e. The molecule has 3 rings (SSSR count). The lowest BCUT2D eigenvalue weighted by Gasteiger charge is -2.26. The van der Waals surface area contributed by atoms with Crippen molar-refractivity contribution >= 4 is 11.9 Å². The molecule has 1 amide bonds. The van der Waals surface area contributed by atoms with E-state index in [9.17, 15) is 14.7 Å². The normalized spacial score (nSPS) is 20.3. The zero-order valence-electron chi connectivity index (χ0n) is 14.8. The van der Waals surface area contributed by atoms with E-state index in [1.807, 2.05) is 7.05 Å². The number of nitrogens with zero attached hydrogens (tertiary/aromatic N) is 3. The Labute approximate surface area is 147 Å².